The van der Waals surface area contributed by atoms with Gasteiger partial charge in [-0.2, -0.15) is 0 Å². The number of carbonyl (C=O) groups is 2. The van der Waals surface area contributed by atoms with Crippen LogP contribution in [-0.4, -0.2) is 11.6 Å². The molecular weight excluding hydrogens is 296 g/mol. The topological polar surface area (TPSA) is 34.1 Å². The Kier molecular flexibility index (Phi) is 2.99. The van der Waals surface area contributed by atoms with Gasteiger partial charge in [-0.25, -0.2) is 0 Å². The number of benzene rings is 2. The molecule has 1 fully saturated rings. The van der Waals surface area contributed by atoms with Crippen molar-refractivity contribution in [1.82, 2.24) is 0 Å². The van der Waals surface area contributed by atoms with E-state index in [9.17, 15) is 9.59 Å². The lowest BCUT2D eigenvalue weighted by Gasteiger charge is -2.23. The molecule has 0 spiro atoms. The van der Waals surface area contributed by atoms with Gasteiger partial charge in [0.15, 0.2) is 11.6 Å². The maximum Gasteiger partial charge on any atom is 0.166 e. The largest absolute Gasteiger partial charge is 0.294 e. The highest BCUT2D eigenvalue weighted by Crippen LogP contribution is 2.75. The molecule has 0 saturated heterocycles. The first-order valence-corrected chi connectivity index (χ1v) is 8.35. The van der Waals surface area contributed by atoms with Crippen LogP contribution in [0.5, 0.6) is 0 Å². The summed E-state index contributed by atoms with van der Waals surface area (Å²) in [5.74, 6) is -0.0920. The van der Waals surface area contributed by atoms with Gasteiger partial charge in [0, 0.05) is 5.41 Å². The van der Waals surface area contributed by atoms with Crippen molar-refractivity contribution in [3.63, 3.8) is 0 Å². The van der Waals surface area contributed by atoms with Crippen LogP contribution in [0.3, 0.4) is 0 Å². The molecule has 0 N–H and O–H groups in total. The molecule has 2 atom stereocenters. The van der Waals surface area contributed by atoms with Gasteiger partial charge in [-0.1, -0.05) is 67.6 Å². The Bertz CT molecular complexity index is 837. The fourth-order valence-electron chi connectivity index (χ4n) is 4.85. The lowest BCUT2D eigenvalue weighted by atomic mass is 9.78. The zero-order valence-corrected chi connectivity index (χ0v) is 14.2. The summed E-state index contributed by atoms with van der Waals surface area (Å²) < 4.78 is 0. The molecule has 2 aromatic carbocycles. The van der Waals surface area contributed by atoms with Crippen LogP contribution in [0.4, 0.5) is 0 Å². The molecule has 24 heavy (non-hydrogen) atoms. The predicted molar refractivity (Wildman–Crippen MR) is 93.6 cm³/mol. The zero-order valence-electron chi connectivity index (χ0n) is 14.2. The maximum atomic E-state index is 13.2. The lowest BCUT2D eigenvalue weighted by Crippen LogP contribution is -2.28. The molecule has 0 bridgehead atoms. The van der Waals surface area contributed by atoms with Crippen LogP contribution in [0.15, 0.2) is 71.8 Å². The van der Waals surface area contributed by atoms with E-state index in [1.54, 1.807) is 13.8 Å². The number of fused-ring (bicyclic) bond motifs is 1. The first-order chi connectivity index (χ1) is 11.5. The minimum Gasteiger partial charge on any atom is -0.294 e. The van der Waals surface area contributed by atoms with E-state index in [4.69, 9.17) is 0 Å². The summed E-state index contributed by atoms with van der Waals surface area (Å²) in [6.07, 6.45) is 0. The monoisotopic (exact) mass is 316 g/mol. The number of allylic oxidation sites excluding steroid dienone is 2. The van der Waals surface area contributed by atoms with Crippen molar-refractivity contribution in [2.75, 3.05) is 0 Å². The summed E-state index contributed by atoms with van der Waals surface area (Å²) in [5.41, 5.74) is 2.07. The van der Waals surface area contributed by atoms with Gasteiger partial charge in [0.05, 0.1) is 11.3 Å². The van der Waals surface area contributed by atoms with Gasteiger partial charge in [0.25, 0.3) is 0 Å². The minimum atomic E-state index is -0.698. The van der Waals surface area contributed by atoms with E-state index in [2.05, 4.69) is 0 Å². The maximum absolute atomic E-state index is 13.2. The molecule has 0 aliphatic heterocycles. The summed E-state index contributed by atoms with van der Waals surface area (Å²) in [4.78, 5) is 26.3. The van der Waals surface area contributed by atoms with Gasteiger partial charge in [-0.15, -0.1) is 0 Å². The highest BCUT2D eigenvalue weighted by Gasteiger charge is 2.82. The van der Waals surface area contributed by atoms with E-state index in [1.165, 1.54) is 0 Å². The quantitative estimate of drug-likeness (QED) is 0.836. The normalized spacial score (nSPS) is 27.9. The van der Waals surface area contributed by atoms with Gasteiger partial charge in [-0.3, -0.25) is 9.59 Å². The van der Waals surface area contributed by atoms with Crippen LogP contribution in [0.1, 0.15) is 31.9 Å². The van der Waals surface area contributed by atoms with E-state index in [0.29, 0.717) is 11.1 Å². The third kappa shape index (κ3) is 1.51. The van der Waals surface area contributed by atoms with Gasteiger partial charge in [0.2, 0.25) is 0 Å². The molecule has 2 aliphatic carbocycles. The standard InChI is InChI=1S/C22H20O2/c1-14-15(2)20(24)21(3)19(18(14)23)22(21,16-10-6-4-7-11-16)17-12-8-5-9-13-17/h4-13,19H,1-3H3/t19-,21-/m0/s1. The number of rotatable bonds is 2. The van der Waals surface area contributed by atoms with Gasteiger partial charge in [-0.05, 0) is 36.1 Å². The fourth-order valence-corrected chi connectivity index (χ4v) is 4.85. The molecule has 4 rings (SSSR count). The summed E-state index contributed by atoms with van der Waals surface area (Å²) in [5, 5.41) is 0. The molecule has 0 heterocycles. The molecule has 0 aromatic heterocycles. The lowest BCUT2D eigenvalue weighted by molar-refractivity contribution is -0.126. The van der Waals surface area contributed by atoms with E-state index in [-0.39, 0.29) is 17.5 Å². The molecular formula is C22H20O2. The molecule has 2 aromatic rings. The summed E-state index contributed by atoms with van der Waals surface area (Å²) in [7, 11) is 0. The predicted octanol–water partition coefficient (Wildman–Crippen LogP) is 4.10. The van der Waals surface area contributed by atoms with Crippen LogP contribution in [0.25, 0.3) is 0 Å². The molecule has 0 amide bonds. The second-order valence-electron chi connectivity index (χ2n) is 7.12. The summed E-state index contributed by atoms with van der Waals surface area (Å²) in [6.45, 7) is 5.54. The Labute approximate surface area is 142 Å². The van der Waals surface area contributed by atoms with Crippen molar-refractivity contribution in [1.29, 1.82) is 0 Å². The summed E-state index contributed by atoms with van der Waals surface area (Å²) >= 11 is 0. The Hall–Kier alpha value is -2.48. The molecule has 0 unspecified atom stereocenters. The van der Waals surface area contributed by atoms with Crippen molar-refractivity contribution >= 4 is 11.6 Å². The third-order valence-corrected chi connectivity index (χ3v) is 6.21. The van der Waals surface area contributed by atoms with Gasteiger partial charge < -0.3 is 0 Å². The molecule has 2 heteroatoms. The van der Waals surface area contributed by atoms with E-state index in [1.807, 2.05) is 67.6 Å². The molecule has 1 saturated carbocycles. The Morgan fingerprint density at radius 2 is 1.21 bits per heavy atom. The molecule has 0 radical (unpaired) electrons. The number of carbonyl (C=O) groups excluding carboxylic acids is 2. The average Bonchev–Trinajstić information content (AvgIpc) is 3.22. The number of hydrogen-bond donors (Lipinski definition) is 0. The van der Waals surface area contributed by atoms with Crippen LogP contribution in [-0.2, 0) is 15.0 Å². The molecule has 2 aliphatic rings. The van der Waals surface area contributed by atoms with Crippen LogP contribution in [0, 0.1) is 11.3 Å². The first-order valence-electron chi connectivity index (χ1n) is 8.35. The number of Topliss-reactive ketones (excluding diaryl/α,β-unsaturated/α-hetero) is 2. The first kappa shape index (κ1) is 15.1. The SMILES string of the molecule is CC1=C(C)C(=O)[C@]2(C)[C@H](C1=O)C2(c1ccccc1)c1ccccc1. The van der Waals surface area contributed by atoms with Gasteiger partial charge in [0.1, 0.15) is 0 Å². The second-order valence-corrected chi connectivity index (χ2v) is 7.12. The van der Waals surface area contributed by atoms with Crippen molar-refractivity contribution < 1.29 is 9.59 Å². The summed E-state index contributed by atoms with van der Waals surface area (Å²) in [6, 6.07) is 20.0. The van der Waals surface area contributed by atoms with Crippen LogP contribution < -0.4 is 0 Å². The highest BCUT2D eigenvalue weighted by molar-refractivity contribution is 6.21. The molecule has 2 nitrogen and oxygen atoms in total. The van der Waals surface area contributed by atoms with E-state index >= 15 is 0 Å². The van der Waals surface area contributed by atoms with Crippen molar-refractivity contribution in [3.05, 3.63) is 82.9 Å². The average molecular weight is 316 g/mol. The Morgan fingerprint density at radius 3 is 1.67 bits per heavy atom. The third-order valence-electron chi connectivity index (χ3n) is 6.21. The fraction of sp³-hybridized carbons (Fsp3) is 0.273. The van der Waals surface area contributed by atoms with Crippen LogP contribution in [0.2, 0.25) is 0 Å². The van der Waals surface area contributed by atoms with Crippen LogP contribution >= 0.6 is 0 Å². The molecule has 120 valence electrons. The Balaban J connectivity index is 2.03. The zero-order chi connectivity index (χ0) is 17.1. The van der Waals surface area contributed by atoms with E-state index < -0.39 is 10.8 Å². The number of ketones is 2. The van der Waals surface area contributed by atoms with Crippen molar-refractivity contribution in [3.8, 4) is 0 Å². The Morgan fingerprint density at radius 1 is 0.750 bits per heavy atom. The minimum absolute atomic E-state index is 0.109. The van der Waals surface area contributed by atoms with Gasteiger partial charge >= 0.3 is 0 Å². The van der Waals surface area contributed by atoms with Crippen molar-refractivity contribution in [2.45, 2.75) is 26.2 Å². The smallest absolute Gasteiger partial charge is 0.166 e. The second kappa shape index (κ2) is 4.76. The number of hydrogen-bond acceptors (Lipinski definition) is 2. The van der Waals surface area contributed by atoms with E-state index in [0.717, 1.165) is 11.1 Å². The highest BCUT2D eigenvalue weighted by atomic mass is 16.1. The van der Waals surface area contributed by atoms with Crippen molar-refractivity contribution in [2.24, 2.45) is 11.3 Å².